The molecular formula is C22H21B3ClF2N3O4. The molecule has 4 rings (SSSR count). The molecule has 2 atom stereocenters. The van der Waals surface area contributed by atoms with Gasteiger partial charge in [0.2, 0.25) is 19.8 Å². The van der Waals surface area contributed by atoms with Crippen LogP contribution in [-0.4, -0.2) is 62.5 Å². The topological polar surface area (TPSA) is 86.8 Å². The first-order chi connectivity index (χ1) is 16.4. The average Bonchev–Trinajstić information content (AvgIpc) is 3.16. The van der Waals surface area contributed by atoms with Crippen molar-refractivity contribution in [2.75, 3.05) is 0 Å². The Labute approximate surface area is 208 Å². The molecule has 13 heteroatoms. The average molecular weight is 497 g/mol. The number of nitrogens with zero attached hydrogens (tertiary/aromatic N) is 2. The maximum atomic E-state index is 14.5. The molecule has 2 aliphatic heterocycles. The van der Waals surface area contributed by atoms with Crippen molar-refractivity contribution in [3.05, 3.63) is 69.7 Å². The molecule has 0 radical (unpaired) electrons. The summed E-state index contributed by atoms with van der Waals surface area (Å²) in [5.74, 6) is -6.67. The van der Waals surface area contributed by atoms with Crippen LogP contribution >= 0.6 is 11.6 Å². The second-order valence-corrected chi connectivity index (χ2v) is 9.59. The Kier molecular flexibility index (Phi) is 6.29. The number of piperidine rings is 1. The van der Waals surface area contributed by atoms with Crippen molar-refractivity contribution >= 4 is 58.9 Å². The van der Waals surface area contributed by atoms with E-state index in [1.165, 1.54) is 25.0 Å². The monoisotopic (exact) mass is 497 g/mol. The molecule has 0 bridgehead atoms. The number of carbonyl (C=O) groups is 4. The number of hydrogen-bond donors (Lipinski definition) is 1. The molecular weight excluding hydrogens is 476 g/mol. The van der Waals surface area contributed by atoms with Crippen LogP contribution in [0.4, 0.5) is 8.78 Å². The van der Waals surface area contributed by atoms with E-state index in [0.717, 1.165) is 16.9 Å². The number of benzene rings is 2. The van der Waals surface area contributed by atoms with Crippen LogP contribution < -0.4 is 5.32 Å². The third kappa shape index (κ3) is 4.13. The quantitative estimate of drug-likeness (QED) is 0.457. The molecule has 4 amide bonds. The van der Waals surface area contributed by atoms with E-state index >= 15 is 0 Å². The highest BCUT2D eigenvalue weighted by atomic mass is 35.5. The number of nitrogens with one attached hydrogen (secondary N) is 1. The summed E-state index contributed by atoms with van der Waals surface area (Å²) in [6.45, 7) is -0.0428. The zero-order valence-corrected chi connectivity index (χ0v) is 20.2. The number of alkyl halides is 2. The summed E-state index contributed by atoms with van der Waals surface area (Å²) in [6.07, 6.45) is 0.137. The van der Waals surface area contributed by atoms with E-state index < -0.39 is 28.7 Å². The fraction of sp³-hybridized carbons (Fsp3) is 0.273. The number of hydrogen-bond acceptors (Lipinski definition) is 4. The number of carbonyl (C=O) groups excluding carboxylic acids is 4. The number of halogens is 3. The molecule has 0 aromatic heterocycles. The number of imide groups is 1. The Morgan fingerprint density at radius 1 is 1.17 bits per heavy atom. The van der Waals surface area contributed by atoms with Crippen LogP contribution in [0.15, 0.2) is 42.5 Å². The minimum Gasteiger partial charge on any atom is -0.346 e. The first-order valence-corrected chi connectivity index (χ1v) is 11.4. The molecule has 2 aliphatic rings. The SMILES string of the molecule is BC1CC(=O)N(B)C(=O)[C@@]1(B)N1Cc2cc(CNC(=O)C(F)(F)c3ccc(Cl)cc3)ccc2C1=O. The normalized spacial score (nSPS) is 22.4. The molecule has 2 aromatic carbocycles. The van der Waals surface area contributed by atoms with Gasteiger partial charge in [0.15, 0.2) is 0 Å². The van der Waals surface area contributed by atoms with Crippen molar-refractivity contribution in [3.8, 4) is 0 Å². The summed E-state index contributed by atoms with van der Waals surface area (Å²) >= 11 is 5.73. The third-order valence-corrected chi connectivity index (χ3v) is 7.28. The summed E-state index contributed by atoms with van der Waals surface area (Å²) in [6, 6.07) is 9.55. The Morgan fingerprint density at radius 3 is 2.49 bits per heavy atom. The van der Waals surface area contributed by atoms with Gasteiger partial charge in [-0.3, -0.25) is 19.2 Å². The van der Waals surface area contributed by atoms with Crippen LogP contribution in [0, 0.1) is 0 Å². The molecule has 0 saturated carbocycles. The molecule has 1 saturated heterocycles. The maximum absolute atomic E-state index is 14.5. The largest absolute Gasteiger partial charge is 0.349 e. The van der Waals surface area contributed by atoms with Crippen molar-refractivity contribution in [2.24, 2.45) is 0 Å². The number of rotatable bonds is 5. The molecule has 178 valence electrons. The molecule has 7 nitrogen and oxygen atoms in total. The fourth-order valence-corrected chi connectivity index (χ4v) is 4.71. The van der Waals surface area contributed by atoms with Gasteiger partial charge in [0.25, 0.3) is 11.8 Å². The van der Waals surface area contributed by atoms with E-state index in [1.807, 2.05) is 0 Å². The molecule has 0 spiro atoms. The summed E-state index contributed by atoms with van der Waals surface area (Å²) in [5.41, 5.74) is -0.135. The van der Waals surface area contributed by atoms with Gasteiger partial charge >= 0.3 is 5.92 Å². The Morgan fingerprint density at radius 2 is 1.83 bits per heavy atom. The maximum Gasteiger partial charge on any atom is 0.349 e. The van der Waals surface area contributed by atoms with Gasteiger partial charge in [-0.1, -0.05) is 35.9 Å². The summed E-state index contributed by atoms with van der Waals surface area (Å²) in [7, 11) is 4.83. The standard InChI is InChI=1S/C22H21B3ClF2N3O4/c23-16-8-17(32)31(25)20(35)21(16,24)30-10-12-7-11(1-6-15(12)18(30)33)9-29-19(34)22(27,28)13-2-4-14(26)5-3-13/h1-7,16H,8-10,23-25H2,(H,29,34)/t16?,21-/m0/s1. The molecule has 1 fully saturated rings. The van der Waals surface area contributed by atoms with E-state index in [0.29, 0.717) is 16.7 Å². The van der Waals surface area contributed by atoms with Crippen LogP contribution in [0.2, 0.25) is 10.8 Å². The molecule has 0 aliphatic carbocycles. The minimum absolute atomic E-state index is 0.130. The lowest BCUT2D eigenvalue weighted by atomic mass is 9.55. The van der Waals surface area contributed by atoms with E-state index in [4.69, 9.17) is 11.6 Å². The number of fused-ring (bicyclic) bond motifs is 1. The van der Waals surface area contributed by atoms with Gasteiger partial charge in [-0.05, 0) is 35.1 Å². The Bertz CT molecular complexity index is 1250. The van der Waals surface area contributed by atoms with Crippen LogP contribution in [0.25, 0.3) is 0 Å². The van der Waals surface area contributed by atoms with Gasteiger partial charge in [0.1, 0.15) is 15.7 Å². The van der Waals surface area contributed by atoms with Crippen molar-refractivity contribution in [3.63, 3.8) is 0 Å². The van der Waals surface area contributed by atoms with Gasteiger partial charge in [-0.15, -0.1) is 0 Å². The zero-order valence-electron chi connectivity index (χ0n) is 19.4. The lowest BCUT2D eigenvalue weighted by Crippen LogP contribution is -2.66. The van der Waals surface area contributed by atoms with Crippen LogP contribution in [0.3, 0.4) is 0 Å². The van der Waals surface area contributed by atoms with Gasteiger partial charge in [-0.25, -0.2) is 0 Å². The van der Waals surface area contributed by atoms with Gasteiger partial charge < -0.3 is 15.0 Å². The van der Waals surface area contributed by atoms with Gasteiger partial charge in [0.05, 0.1) is 5.44 Å². The zero-order chi connectivity index (χ0) is 25.7. The van der Waals surface area contributed by atoms with E-state index in [9.17, 15) is 28.0 Å². The van der Waals surface area contributed by atoms with Gasteiger partial charge in [0, 0.05) is 35.7 Å². The van der Waals surface area contributed by atoms with E-state index in [-0.39, 0.29) is 42.2 Å². The number of amides is 4. The van der Waals surface area contributed by atoms with Crippen molar-refractivity contribution in [2.45, 2.75) is 36.7 Å². The van der Waals surface area contributed by atoms with Crippen LogP contribution in [0.1, 0.15) is 33.5 Å². The second kappa shape index (κ2) is 8.82. The molecule has 35 heavy (non-hydrogen) atoms. The first kappa shape index (κ1) is 25.0. The predicted molar refractivity (Wildman–Crippen MR) is 132 cm³/mol. The fourth-order valence-electron chi connectivity index (χ4n) is 4.59. The lowest BCUT2D eigenvalue weighted by Gasteiger charge is -2.47. The van der Waals surface area contributed by atoms with Crippen LogP contribution in [-0.2, 0) is 33.4 Å². The highest BCUT2D eigenvalue weighted by Gasteiger charge is 2.53. The van der Waals surface area contributed by atoms with Crippen molar-refractivity contribution in [1.82, 2.24) is 15.0 Å². The highest BCUT2D eigenvalue weighted by Crippen LogP contribution is 2.39. The van der Waals surface area contributed by atoms with Gasteiger partial charge in [-0.2, -0.15) is 8.78 Å². The Hall–Kier alpha value is -3.14. The first-order valence-electron chi connectivity index (χ1n) is 11.0. The Balaban J connectivity index is 1.50. The third-order valence-electron chi connectivity index (χ3n) is 7.03. The smallest absolute Gasteiger partial charge is 0.346 e. The van der Waals surface area contributed by atoms with Crippen molar-refractivity contribution in [1.29, 1.82) is 0 Å². The molecule has 2 heterocycles. The summed E-state index contributed by atoms with van der Waals surface area (Å²) < 4.78 is 29.0. The molecule has 2 aromatic rings. The van der Waals surface area contributed by atoms with Crippen LogP contribution in [0.5, 0.6) is 0 Å². The second-order valence-electron chi connectivity index (χ2n) is 9.16. The van der Waals surface area contributed by atoms with Crippen molar-refractivity contribution < 1.29 is 28.0 Å². The minimum atomic E-state index is -3.75. The van der Waals surface area contributed by atoms with E-state index in [1.54, 1.807) is 33.9 Å². The molecule has 1 unspecified atom stereocenters. The summed E-state index contributed by atoms with van der Waals surface area (Å²) in [4.78, 5) is 53.0. The lowest BCUT2D eigenvalue weighted by molar-refractivity contribution is -0.148. The highest BCUT2D eigenvalue weighted by molar-refractivity contribution is 6.42. The molecule has 1 N–H and O–H groups in total. The predicted octanol–water partition coefficient (Wildman–Crippen LogP) is -0.238. The summed E-state index contributed by atoms with van der Waals surface area (Å²) in [5, 5.41) is 2.52. The van der Waals surface area contributed by atoms with E-state index in [2.05, 4.69) is 5.32 Å².